The van der Waals surface area contributed by atoms with E-state index < -0.39 is 48.8 Å². The number of nitrogens with one attached hydrogen (secondary N) is 1. The molecule has 0 saturated carbocycles. The van der Waals surface area contributed by atoms with Crippen LogP contribution in [0.5, 0.6) is 0 Å². The number of rotatable bonds is 9. The zero-order valence-corrected chi connectivity index (χ0v) is 13.5. The highest BCUT2D eigenvalue weighted by atomic mass is 16.5. The number of carboxylic acids is 1. The number of unbranched alkanes of at least 4 members (excludes halogenated alkanes) is 2. The van der Waals surface area contributed by atoms with Crippen molar-refractivity contribution in [2.45, 2.75) is 63.1 Å². The van der Waals surface area contributed by atoms with Crippen LogP contribution in [0.25, 0.3) is 0 Å². The van der Waals surface area contributed by atoms with Crippen LogP contribution < -0.4 is 5.32 Å². The highest BCUT2D eigenvalue weighted by Crippen LogP contribution is 2.23. The molecule has 1 heterocycles. The van der Waals surface area contributed by atoms with E-state index in [-0.39, 0.29) is 12.3 Å². The third-order valence-corrected chi connectivity index (χ3v) is 3.77. The third-order valence-electron chi connectivity index (χ3n) is 3.77. The Balaban J connectivity index is 2.90. The summed E-state index contributed by atoms with van der Waals surface area (Å²) in [5.74, 6) is -2.45. The molecule has 1 rings (SSSR count). The summed E-state index contributed by atoms with van der Waals surface area (Å²) in [6, 6.07) is -1.15. The molecule has 1 aliphatic rings. The van der Waals surface area contributed by atoms with Gasteiger partial charge in [0.25, 0.3) is 0 Å². The van der Waals surface area contributed by atoms with Gasteiger partial charge in [0.1, 0.15) is 18.3 Å². The highest BCUT2D eigenvalue weighted by Gasteiger charge is 2.43. The number of aliphatic hydroxyl groups excluding tert-OH is 4. The van der Waals surface area contributed by atoms with Gasteiger partial charge in [-0.05, 0) is 12.5 Å². The Morgan fingerprint density at radius 2 is 2.00 bits per heavy atom. The van der Waals surface area contributed by atoms with Crippen LogP contribution >= 0.6 is 0 Å². The van der Waals surface area contributed by atoms with E-state index in [0.29, 0.717) is 6.42 Å². The minimum Gasteiger partial charge on any atom is -0.478 e. The Morgan fingerprint density at radius 3 is 2.54 bits per heavy atom. The fraction of sp³-hybridized carbons (Fsp3) is 0.733. The van der Waals surface area contributed by atoms with Crippen molar-refractivity contribution in [2.24, 2.45) is 0 Å². The number of ether oxygens (including phenoxy) is 1. The second kappa shape index (κ2) is 9.58. The van der Waals surface area contributed by atoms with E-state index in [1.165, 1.54) is 0 Å². The van der Waals surface area contributed by atoms with Gasteiger partial charge in [0.15, 0.2) is 6.10 Å². The summed E-state index contributed by atoms with van der Waals surface area (Å²) < 4.78 is 5.11. The fourth-order valence-corrected chi connectivity index (χ4v) is 2.40. The first-order valence-electron chi connectivity index (χ1n) is 7.88. The predicted molar refractivity (Wildman–Crippen MR) is 81.8 cm³/mol. The molecule has 0 fully saturated rings. The number of aliphatic hydroxyl groups is 4. The van der Waals surface area contributed by atoms with Gasteiger partial charge in [-0.1, -0.05) is 19.8 Å². The first-order valence-corrected chi connectivity index (χ1v) is 7.88. The second-order valence-electron chi connectivity index (χ2n) is 5.70. The van der Waals surface area contributed by atoms with Gasteiger partial charge in [-0.15, -0.1) is 0 Å². The van der Waals surface area contributed by atoms with Crippen LogP contribution in [0.2, 0.25) is 0 Å². The first-order chi connectivity index (χ1) is 11.3. The molecule has 138 valence electrons. The van der Waals surface area contributed by atoms with Crippen LogP contribution in [-0.2, 0) is 14.3 Å². The first kappa shape index (κ1) is 20.4. The summed E-state index contributed by atoms with van der Waals surface area (Å²) in [4.78, 5) is 23.0. The van der Waals surface area contributed by atoms with Gasteiger partial charge in [0.2, 0.25) is 11.7 Å². The maximum Gasteiger partial charge on any atom is 0.370 e. The van der Waals surface area contributed by atoms with Gasteiger partial charge in [0, 0.05) is 6.42 Å². The molecule has 0 radical (unpaired) electrons. The molecule has 0 aromatic carbocycles. The van der Waals surface area contributed by atoms with Gasteiger partial charge >= 0.3 is 5.97 Å². The van der Waals surface area contributed by atoms with E-state index in [4.69, 9.17) is 14.9 Å². The van der Waals surface area contributed by atoms with Crippen molar-refractivity contribution in [3.63, 3.8) is 0 Å². The Morgan fingerprint density at radius 1 is 1.33 bits per heavy atom. The Hall–Kier alpha value is -1.68. The number of carbonyl (C=O) groups excluding carboxylic acids is 1. The minimum absolute atomic E-state index is 0.206. The summed E-state index contributed by atoms with van der Waals surface area (Å²) in [6.45, 7) is 1.19. The van der Waals surface area contributed by atoms with Crippen molar-refractivity contribution in [1.82, 2.24) is 5.32 Å². The molecule has 0 aromatic heterocycles. The molecule has 0 aliphatic carbocycles. The van der Waals surface area contributed by atoms with E-state index in [1.54, 1.807) is 0 Å². The minimum atomic E-state index is -1.70. The zero-order valence-electron chi connectivity index (χ0n) is 13.5. The second-order valence-corrected chi connectivity index (χ2v) is 5.70. The van der Waals surface area contributed by atoms with Gasteiger partial charge in [-0.25, -0.2) is 4.79 Å². The maximum atomic E-state index is 11.9. The third kappa shape index (κ3) is 5.45. The number of carbonyl (C=O) groups is 2. The molecule has 1 aliphatic heterocycles. The molecular formula is C15H25NO8. The van der Waals surface area contributed by atoms with Crippen LogP contribution in [0.3, 0.4) is 0 Å². The molecule has 24 heavy (non-hydrogen) atoms. The normalized spacial score (nSPS) is 26.0. The molecular weight excluding hydrogens is 322 g/mol. The number of hydrogen-bond donors (Lipinski definition) is 6. The van der Waals surface area contributed by atoms with E-state index in [0.717, 1.165) is 18.9 Å². The summed E-state index contributed by atoms with van der Waals surface area (Å²) in [5, 5.41) is 50.1. The van der Waals surface area contributed by atoms with Crippen LogP contribution in [0, 0.1) is 0 Å². The smallest absolute Gasteiger partial charge is 0.370 e. The Labute approximate surface area is 139 Å². The van der Waals surface area contributed by atoms with Crippen molar-refractivity contribution in [3.8, 4) is 0 Å². The van der Waals surface area contributed by atoms with E-state index in [1.807, 2.05) is 6.92 Å². The molecule has 0 aromatic rings. The SMILES string of the molecule is CCCCCC(=O)N[C@H]1[C@H]([C@H](O)[C@H](O)CO)OC(C(=O)O)=C[C@@H]1O. The predicted octanol–water partition coefficient (Wildman–Crippen LogP) is -1.51. The monoisotopic (exact) mass is 347 g/mol. The quantitative estimate of drug-likeness (QED) is 0.275. The van der Waals surface area contributed by atoms with Crippen LogP contribution in [0.15, 0.2) is 11.8 Å². The van der Waals surface area contributed by atoms with Crippen molar-refractivity contribution in [3.05, 3.63) is 11.8 Å². The van der Waals surface area contributed by atoms with E-state index in [9.17, 15) is 24.9 Å². The van der Waals surface area contributed by atoms with Crippen molar-refractivity contribution in [2.75, 3.05) is 6.61 Å². The number of aliphatic carboxylic acids is 1. The lowest BCUT2D eigenvalue weighted by Gasteiger charge is -2.38. The lowest BCUT2D eigenvalue weighted by molar-refractivity contribution is -0.149. The summed E-state index contributed by atoms with van der Waals surface area (Å²) in [5.41, 5.74) is 0. The number of hydrogen-bond acceptors (Lipinski definition) is 7. The van der Waals surface area contributed by atoms with Crippen molar-refractivity contribution >= 4 is 11.9 Å². The molecule has 9 nitrogen and oxygen atoms in total. The zero-order chi connectivity index (χ0) is 18.3. The summed E-state index contributed by atoms with van der Waals surface area (Å²) in [7, 11) is 0. The number of amides is 1. The largest absolute Gasteiger partial charge is 0.478 e. The Kier molecular flexibility index (Phi) is 8.13. The molecule has 0 unspecified atom stereocenters. The molecule has 0 saturated heterocycles. The summed E-state index contributed by atoms with van der Waals surface area (Å²) in [6.07, 6.45) is -2.62. The lowest BCUT2D eigenvalue weighted by atomic mass is 9.93. The lowest BCUT2D eigenvalue weighted by Crippen LogP contribution is -2.60. The maximum absolute atomic E-state index is 11.9. The summed E-state index contributed by atoms with van der Waals surface area (Å²) >= 11 is 0. The van der Waals surface area contributed by atoms with Crippen LogP contribution in [0.1, 0.15) is 32.6 Å². The van der Waals surface area contributed by atoms with Crippen LogP contribution in [0.4, 0.5) is 0 Å². The number of carboxylic acid groups (broad SMARTS) is 1. The molecule has 6 N–H and O–H groups in total. The molecule has 1 amide bonds. The Bertz CT molecular complexity index is 466. The molecule has 0 bridgehead atoms. The van der Waals surface area contributed by atoms with Gasteiger partial charge in [0.05, 0.1) is 12.6 Å². The average Bonchev–Trinajstić information content (AvgIpc) is 2.55. The van der Waals surface area contributed by atoms with Crippen LogP contribution in [-0.4, -0.2) is 74.5 Å². The van der Waals surface area contributed by atoms with Crippen molar-refractivity contribution in [1.29, 1.82) is 0 Å². The standard InChI is InChI=1S/C15H25NO8/c1-2-3-4-5-11(20)16-12-8(18)6-10(15(22)23)24-14(12)13(21)9(19)7-17/h6,8-9,12-14,17-19,21H,2-5,7H2,1H3,(H,16,20)(H,22,23)/t8-,9+,12+,13+,14+/m0/s1. The van der Waals surface area contributed by atoms with Gasteiger partial charge < -0.3 is 35.6 Å². The van der Waals surface area contributed by atoms with E-state index >= 15 is 0 Å². The molecule has 9 heteroatoms. The van der Waals surface area contributed by atoms with Gasteiger partial charge in [-0.2, -0.15) is 0 Å². The molecule has 5 atom stereocenters. The average molecular weight is 347 g/mol. The fourth-order valence-electron chi connectivity index (χ4n) is 2.40. The highest BCUT2D eigenvalue weighted by molar-refractivity contribution is 5.84. The topological polar surface area (TPSA) is 157 Å². The van der Waals surface area contributed by atoms with E-state index in [2.05, 4.69) is 5.32 Å². The molecule has 0 spiro atoms. The van der Waals surface area contributed by atoms with Gasteiger partial charge in [-0.3, -0.25) is 4.79 Å². The van der Waals surface area contributed by atoms with Crippen molar-refractivity contribution < 1.29 is 39.9 Å².